The molecule has 112 valence electrons. The van der Waals surface area contributed by atoms with Crippen LogP contribution in [0.5, 0.6) is 5.75 Å². The normalized spacial score (nSPS) is 12.9. The number of hydrogen-bond acceptors (Lipinski definition) is 4. The summed E-state index contributed by atoms with van der Waals surface area (Å²) in [7, 11) is -1.67. The quantitative estimate of drug-likeness (QED) is 0.889. The zero-order chi connectivity index (χ0) is 15.3. The molecule has 0 amide bonds. The van der Waals surface area contributed by atoms with Crippen molar-refractivity contribution >= 4 is 9.84 Å². The highest BCUT2D eigenvalue weighted by Crippen LogP contribution is 2.18. The zero-order valence-electron chi connectivity index (χ0n) is 11.9. The maximum absolute atomic E-state index is 12.2. The molecule has 0 radical (unpaired) electrons. The Kier molecular flexibility index (Phi) is 4.98. The predicted molar refractivity (Wildman–Crippen MR) is 83.9 cm³/mol. The van der Waals surface area contributed by atoms with Gasteiger partial charge in [-0.3, -0.25) is 0 Å². The Hall–Kier alpha value is -1.85. The molecule has 0 saturated heterocycles. The predicted octanol–water partition coefficient (Wildman–Crippen LogP) is 2.31. The maximum atomic E-state index is 12.2. The van der Waals surface area contributed by atoms with Crippen LogP contribution in [0.3, 0.4) is 0 Å². The first-order chi connectivity index (χ1) is 10.00. The molecular formula is C16H19NO3S. The molecule has 4 nitrogen and oxygen atoms in total. The van der Waals surface area contributed by atoms with Crippen molar-refractivity contribution in [2.75, 3.05) is 12.9 Å². The van der Waals surface area contributed by atoms with Gasteiger partial charge in [-0.25, -0.2) is 8.42 Å². The monoisotopic (exact) mass is 305 g/mol. The zero-order valence-corrected chi connectivity index (χ0v) is 12.7. The van der Waals surface area contributed by atoms with Crippen molar-refractivity contribution in [3.63, 3.8) is 0 Å². The topological polar surface area (TPSA) is 69.4 Å². The second-order valence-electron chi connectivity index (χ2n) is 4.92. The van der Waals surface area contributed by atoms with Crippen molar-refractivity contribution in [3.05, 3.63) is 65.7 Å². The van der Waals surface area contributed by atoms with Crippen LogP contribution in [0.1, 0.15) is 17.2 Å². The Labute approximate surface area is 125 Å². The van der Waals surface area contributed by atoms with Gasteiger partial charge in [0.1, 0.15) is 5.75 Å². The molecule has 5 heteroatoms. The van der Waals surface area contributed by atoms with Crippen molar-refractivity contribution in [2.24, 2.45) is 5.73 Å². The molecule has 0 aliphatic rings. The van der Waals surface area contributed by atoms with Gasteiger partial charge in [-0.15, -0.1) is 0 Å². The molecule has 0 fully saturated rings. The summed E-state index contributed by atoms with van der Waals surface area (Å²) in [6.07, 6.45) is 0. The molecule has 0 aliphatic carbocycles. The minimum absolute atomic E-state index is 0.0116. The first-order valence-electron chi connectivity index (χ1n) is 6.64. The Morgan fingerprint density at radius 3 is 2.24 bits per heavy atom. The summed E-state index contributed by atoms with van der Waals surface area (Å²) >= 11 is 0. The van der Waals surface area contributed by atoms with E-state index in [1.807, 2.05) is 18.2 Å². The summed E-state index contributed by atoms with van der Waals surface area (Å²) in [6.45, 7) is 0. The van der Waals surface area contributed by atoms with Crippen LogP contribution in [0.25, 0.3) is 0 Å². The van der Waals surface area contributed by atoms with E-state index >= 15 is 0 Å². The maximum Gasteiger partial charge on any atom is 0.156 e. The third-order valence-corrected chi connectivity index (χ3v) is 4.85. The molecule has 0 aromatic heterocycles. The molecule has 0 heterocycles. The van der Waals surface area contributed by atoms with Gasteiger partial charge in [0, 0.05) is 6.04 Å². The van der Waals surface area contributed by atoms with E-state index in [1.165, 1.54) is 0 Å². The number of nitrogens with two attached hydrogens (primary N) is 1. The third-order valence-electron chi connectivity index (χ3n) is 3.21. The second kappa shape index (κ2) is 6.74. The Morgan fingerprint density at radius 1 is 1.05 bits per heavy atom. The van der Waals surface area contributed by atoms with Crippen molar-refractivity contribution < 1.29 is 13.2 Å². The van der Waals surface area contributed by atoms with Crippen LogP contribution in [0.4, 0.5) is 0 Å². The first kappa shape index (κ1) is 15.5. The van der Waals surface area contributed by atoms with Crippen LogP contribution in [0, 0.1) is 0 Å². The number of benzene rings is 2. The van der Waals surface area contributed by atoms with Crippen LogP contribution >= 0.6 is 0 Å². The van der Waals surface area contributed by atoms with E-state index in [2.05, 4.69) is 0 Å². The van der Waals surface area contributed by atoms with Gasteiger partial charge in [0.2, 0.25) is 0 Å². The highest BCUT2D eigenvalue weighted by molar-refractivity contribution is 7.90. The summed E-state index contributed by atoms with van der Waals surface area (Å²) in [5.74, 6) is 0.657. The summed E-state index contributed by atoms with van der Waals surface area (Å²) in [5, 5.41) is 0. The van der Waals surface area contributed by atoms with Gasteiger partial charge in [-0.2, -0.15) is 0 Å². The highest BCUT2D eigenvalue weighted by Gasteiger charge is 2.18. The van der Waals surface area contributed by atoms with Gasteiger partial charge >= 0.3 is 0 Å². The number of methoxy groups -OCH3 is 1. The SMILES string of the molecule is COc1ccc(C(N)CS(=O)(=O)Cc2ccccc2)cc1. The lowest BCUT2D eigenvalue weighted by atomic mass is 10.1. The van der Waals surface area contributed by atoms with Crippen molar-refractivity contribution in [1.82, 2.24) is 0 Å². The smallest absolute Gasteiger partial charge is 0.156 e. The standard InChI is InChI=1S/C16H19NO3S/c1-20-15-9-7-14(8-10-15)16(17)12-21(18,19)11-13-5-3-2-4-6-13/h2-10,16H,11-12,17H2,1H3. The fourth-order valence-electron chi connectivity index (χ4n) is 2.11. The molecule has 1 unspecified atom stereocenters. The molecule has 0 aliphatic heterocycles. The molecule has 2 N–H and O–H groups in total. The van der Waals surface area contributed by atoms with Crippen LogP contribution in [-0.2, 0) is 15.6 Å². The summed E-state index contributed by atoms with van der Waals surface area (Å²) in [6, 6.07) is 15.7. The lowest BCUT2D eigenvalue weighted by Crippen LogP contribution is -2.22. The fraction of sp³-hybridized carbons (Fsp3) is 0.250. The van der Waals surface area contributed by atoms with Gasteiger partial charge in [-0.05, 0) is 23.3 Å². The lowest BCUT2D eigenvalue weighted by Gasteiger charge is -2.13. The van der Waals surface area contributed by atoms with E-state index in [0.717, 1.165) is 16.9 Å². The van der Waals surface area contributed by atoms with Gasteiger partial charge in [-0.1, -0.05) is 42.5 Å². The van der Waals surface area contributed by atoms with Crippen molar-refractivity contribution in [3.8, 4) is 5.75 Å². The summed E-state index contributed by atoms with van der Waals surface area (Å²) < 4.78 is 29.5. The fourth-order valence-corrected chi connectivity index (χ4v) is 3.67. The van der Waals surface area contributed by atoms with E-state index in [0.29, 0.717) is 0 Å². The minimum Gasteiger partial charge on any atom is -0.497 e. The van der Waals surface area contributed by atoms with Crippen LogP contribution < -0.4 is 10.5 Å². The van der Waals surface area contributed by atoms with Gasteiger partial charge in [0.25, 0.3) is 0 Å². The number of rotatable bonds is 6. The number of sulfone groups is 1. The number of ether oxygens (including phenoxy) is 1. The van der Waals surface area contributed by atoms with Crippen molar-refractivity contribution in [2.45, 2.75) is 11.8 Å². The summed E-state index contributed by atoms with van der Waals surface area (Å²) in [4.78, 5) is 0. The van der Waals surface area contributed by atoms with E-state index < -0.39 is 15.9 Å². The number of hydrogen-bond donors (Lipinski definition) is 1. The molecule has 2 aromatic rings. The van der Waals surface area contributed by atoms with E-state index in [-0.39, 0.29) is 11.5 Å². The minimum atomic E-state index is -3.25. The van der Waals surface area contributed by atoms with E-state index in [4.69, 9.17) is 10.5 Å². The van der Waals surface area contributed by atoms with Crippen LogP contribution in [-0.4, -0.2) is 21.3 Å². The first-order valence-corrected chi connectivity index (χ1v) is 8.46. The average molecular weight is 305 g/mol. The molecule has 0 bridgehead atoms. The van der Waals surface area contributed by atoms with Gasteiger partial charge in [0.05, 0.1) is 18.6 Å². The van der Waals surface area contributed by atoms with Gasteiger partial charge in [0.15, 0.2) is 9.84 Å². The molecule has 0 saturated carbocycles. The second-order valence-corrected chi connectivity index (χ2v) is 7.03. The van der Waals surface area contributed by atoms with E-state index in [9.17, 15) is 8.42 Å². The Balaban J connectivity index is 2.05. The molecule has 1 atom stereocenters. The Morgan fingerprint density at radius 2 is 1.67 bits per heavy atom. The van der Waals surface area contributed by atoms with Gasteiger partial charge < -0.3 is 10.5 Å². The van der Waals surface area contributed by atoms with Crippen LogP contribution in [0.15, 0.2) is 54.6 Å². The highest BCUT2D eigenvalue weighted by atomic mass is 32.2. The average Bonchev–Trinajstić information content (AvgIpc) is 2.47. The summed E-state index contributed by atoms with van der Waals surface area (Å²) in [5.41, 5.74) is 7.57. The molecule has 21 heavy (non-hydrogen) atoms. The van der Waals surface area contributed by atoms with Crippen LogP contribution in [0.2, 0.25) is 0 Å². The molecule has 2 aromatic carbocycles. The third kappa shape index (κ3) is 4.58. The molecular weight excluding hydrogens is 286 g/mol. The van der Waals surface area contributed by atoms with Crippen molar-refractivity contribution in [1.29, 1.82) is 0 Å². The van der Waals surface area contributed by atoms with E-state index in [1.54, 1.807) is 43.5 Å². The lowest BCUT2D eigenvalue weighted by molar-refractivity contribution is 0.414. The Bertz CT molecular complexity index is 666. The molecule has 0 spiro atoms. The molecule has 2 rings (SSSR count). The largest absolute Gasteiger partial charge is 0.497 e.